The Bertz CT molecular complexity index is 789. The molecule has 0 spiro atoms. The largest absolute Gasteiger partial charge is 0.342 e. The van der Waals surface area contributed by atoms with Crippen LogP contribution in [0.4, 0.5) is 0 Å². The normalized spacial score (nSPS) is 22.9. The lowest BCUT2D eigenvalue weighted by molar-refractivity contribution is -0.133. The lowest BCUT2D eigenvalue weighted by Crippen LogP contribution is -2.38. The molecule has 0 bridgehead atoms. The summed E-state index contributed by atoms with van der Waals surface area (Å²) in [7, 11) is -3.46. The highest BCUT2D eigenvalue weighted by Gasteiger charge is 2.29. The lowest BCUT2D eigenvalue weighted by atomic mass is 10.00. The first-order valence-electron chi connectivity index (χ1n) is 9.42. The Morgan fingerprint density at radius 1 is 1.27 bits per heavy atom. The summed E-state index contributed by atoms with van der Waals surface area (Å²) in [5.74, 6) is 1.31. The summed E-state index contributed by atoms with van der Waals surface area (Å²) in [6, 6.07) is 6.88. The average molecular weight is 378 g/mol. The molecule has 1 aromatic rings. The van der Waals surface area contributed by atoms with Gasteiger partial charge in [0.05, 0.1) is 4.90 Å². The topological polar surface area (TPSA) is 78.8 Å². The van der Waals surface area contributed by atoms with Crippen LogP contribution in [-0.2, 0) is 14.8 Å². The van der Waals surface area contributed by atoms with Gasteiger partial charge in [-0.15, -0.1) is 0 Å². The van der Waals surface area contributed by atoms with E-state index in [2.05, 4.69) is 16.6 Å². The van der Waals surface area contributed by atoms with Gasteiger partial charge in [0, 0.05) is 31.6 Å². The Labute approximate surface area is 155 Å². The minimum absolute atomic E-state index is 0.264. The molecule has 1 atom stereocenters. The summed E-state index contributed by atoms with van der Waals surface area (Å²) in [5.41, 5.74) is 0.641. The van der Waals surface area contributed by atoms with Crippen LogP contribution in [0.15, 0.2) is 34.2 Å². The third-order valence-corrected chi connectivity index (χ3v) is 6.39. The number of likely N-dealkylation sites (tertiary alicyclic amines) is 1. The molecule has 1 saturated heterocycles. The second kappa shape index (κ2) is 8.20. The van der Waals surface area contributed by atoms with Gasteiger partial charge in [-0.05, 0) is 43.7 Å². The Hall–Kier alpha value is -1.89. The van der Waals surface area contributed by atoms with Crippen LogP contribution in [0, 0.1) is 5.92 Å². The Kier molecular flexibility index (Phi) is 5.96. The van der Waals surface area contributed by atoms with Crippen molar-refractivity contribution in [3.63, 3.8) is 0 Å². The van der Waals surface area contributed by atoms with Crippen LogP contribution in [0.5, 0.6) is 0 Å². The quantitative estimate of drug-likeness (QED) is 0.774. The number of nitrogens with one attached hydrogen (secondary N) is 1. The fourth-order valence-electron chi connectivity index (χ4n) is 3.58. The molecule has 7 heteroatoms. The predicted molar refractivity (Wildman–Crippen MR) is 102 cm³/mol. The molecule has 2 aliphatic heterocycles. The van der Waals surface area contributed by atoms with Crippen molar-refractivity contribution < 1.29 is 13.2 Å². The zero-order valence-corrected chi connectivity index (χ0v) is 16.1. The van der Waals surface area contributed by atoms with Gasteiger partial charge < -0.3 is 4.90 Å². The number of aliphatic imine (C=N–C) groups is 1. The number of fused-ring (bicyclic) bond motifs is 1. The van der Waals surface area contributed by atoms with Crippen LogP contribution in [0.1, 0.15) is 51.0 Å². The monoisotopic (exact) mass is 377 g/mol. The fraction of sp³-hybridized carbons (Fsp3) is 0.579. The molecular formula is C19H27N3O3S. The molecule has 0 aliphatic carbocycles. The Morgan fingerprint density at radius 2 is 2.08 bits per heavy atom. The fourth-order valence-corrected chi connectivity index (χ4v) is 4.83. The van der Waals surface area contributed by atoms with Crippen LogP contribution in [0.3, 0.4) is 0 Å². The number of piperidine rings is 1. The number of amides is 1. The highest BCUT2D eigenvalue weighted by molar-refractivity contribution is 7.90. The minimum atomic E-state index is -3.46. The summed E-state index contributed by atoms with van der Waals surface area (Å²) in [6.45, 7) is 4.55. The van der Waals surface area contributed by atoms with Crippen LogP contribution in [-0.4, -0.2) is 44.7 Å². The first-order chi connectivity index (χ1) is 12.5. The van der Waals surface area contributed by atoms with Crippen molar-refractivity contribution in [3.05, 3.63) is 29.8 Å². The second-order valence-electron chi connectivity index (χ2n) is 7.23. The van der Waals surface area contributed by atoms with E-state index in [-0.39, 0.29) is 5.91 Å². The van der Waals surface area contributed by atoms with Crippen LogP contribution < -0.4 is 4.72 Å². The van der Waals surface area contributed by atoms with E-state index in [4.69, 9.17) is 0 Å². The number of benzene rings is 1. The molecule has 1 aromatic carbocycles. The van der Waals surface area contributed by atoms with E-state index in [9.17, 15) is 13.2 Å². The van der Waals surface area contributed by atoms with Crippen LogP contribution >= 0.6 is 0 Å². The molecule has 1 N–H and O–H groups in total. The van der Waals surface area contributed by atoms with Crippen molar-refractivity contribution in [2.24, 2.45) is 10.9 Å². The molecular weight excluding hydrogens is 350 g/mol. The van der Waals surface area contributed by atoms with Crippen molar-refractivity contribution in [1.29, 1.82) is 0 Å². The molecule has 1 fully saturated rings. The van der Waals surface area contributed by atoms with Gasteiger partial charge in [-0.1, -0.05) is 25.5 Å². The lowest BCUT2D eigenvalue weighted by Gasteiger charge is -2.31. The molecule has 0 radical (unpaired) electrons. The van der Waals surface area contributed by atoms with E-state index < -0.39 is 10.0 Å². The molecule has 6 nitrogen and oxygen atoms in total. The van der Waals surface area contributed by atoms with E-state index in [1.165, 1.54) is 6.42 Å². The molecule has 26 heavy (non-hydrogen) atoms. The molecule has 2 aliphatic rings. The Morgan fingerprint density at radius 3 is 2.88 bits per heavy atom. The van der Waals surface area contributed by atoms with Gasteiger partial charge >= 0.3 is 0 Å². The number of hydrogen-bond donors (Lipinski definition) is 1. The van der Waals surface area contributed by atoms with Gasteiger partial charge in [0.15, 0.2) is 0 Å². The molecule has 0 saturated carbocycles. The van der Waals surface area contributed by atoms with Crippen LogP contribution in [0.25, 0.3) is 0 Å². The maximum absolute atomic E-state index is 12.2. The molecule has 3 rings (SSSR count). The summed E-state index contributed by atoms with van der Waals surface area (Å²) < 4.78 is 26.5. The summed E-state index contributed by atoms with van der Waals surface area (Å²) in [4.78, 5) is 18.9. The number of sulfonamides is 1. The van der Waals surface area contributed by atoms with Gasteiger partial charge in [0.25, 0.3) is 10.0 Å². The third-order valence-electron chi connectivity index (χ3n) is 4.99. The van der Waals surface area contributed by atoms with Crippen molar-refractivity contribution in [2.75, 3.05) is 19.6 Å². The number of unbranched alkanes of at least 4 members (excludes halogenated alkanes) is 2. The summed E-state index contributed by atoms with van der Waals surface area (Å²) in [5, 5.41) is 0. The zero-order valence-electron chi connectivity index (χ0n) is 15.3. The van der Waals surface area contributed by atoms with E-state index >= 15 is 0 Å². The first kappa shape index (κ1) is 18.9. The number of hydrogen-bond acceptors (Lipinski definition) is 4. The van der Waals surface area contributed by atoms with Gasteiger partial charge in [-0.25, -0.2) is 8.42 Å². The standard InChI is InChI=1S/C19H27N3O3S/c1-15-8-7-13-22(14-15)18(23)11-3-2-6-12-20-19-16-9-4-5-10-17(16)26(24,25)21-19/h4-5,9-10,15H,2-3,6-8,11-14H2,1H3,(H,20,21). The van der Waals surface area contributed by atoms with Crippen molar-refractivity contribution in [2.45, 2.75) is 50.3 Å². The average Bonchev–Trinajstić information content (AvgIpc) is 2.89. The number of nitrogens with zero attached hydrogens (tertiary/aromatic N) is 2. The van der Waals surface area contributed by atoms with E-state index in [0.29, 0.717) is 35.2 Å². The number of carbonyl (C=O) groups excluding carboxylic acids is 1. The van der Waals surface area contributed by atoms with Gasteiger partial charge in [0.1, 0.15) is 5.84 Å². The first-order valence-corrected chi connectivity index (χ1v) is 10.9. The second-order valence-corrected chi connectivity index (χ2v) is 8.88. The van der Waals surface area contributed by atoms with Gasteiger partial charge in [-0.2, -0.15) is 0 Å². The SMILES string of the molecule is CC1CCCN(C(=O)CCCCCN=C2NS(=O)(=O)c3ccccc32)C1. The summed E-state index contributed by atoms with van der Waals surface area (Å²) >= 11 is 0. The molecule has 142 valence electrons. The van der Waals surface area contributed by atoms with E-state index in [1.807, 2.05) is 11.0 Å². The number of carbonyl (C=O) groups is 1. The van der Waals surface area contributed by atoms with Crippen molar-refractivity contribution in [3.8, 4) is 0 Å². The molecule has 1 amide bonds. The maximum atomic E-state index is 12.2. The zero-order chi connectivity index (χ0) is 18.6. The smallest absolute Gasteiger partial charge is 0.263 e. The predicted octanol–water partition coefficient (Wildman–Crippen LogP) is 2.54. The number of amidine groups is 1. The van der Waals surface area contributed by atoms with Gasteiger partial charge in [0.2, 0.25) is 5.91 Å². The molecule has 2 heterocycles. The minimum Gasteiger partial charge on any atom is -0.342 e. The number of rotatable bonds is 6. The van der Waals surface area contributed by atoms with E-state index in [1.54, 1.807) is 18.2 Å². The van der Waals surface area contributed by atoms with Crippen molar-refractivity contribution >= 4 is 21.8 Å². The van der Waals surface area contributed by atoms with E-state index in [0.717, 1.165) is 38.8 Å². The summed E-state index contributed by atoms with van der Waals surface area (Å²) in [6.07, 6.45) is 5.55. The molecule has 0 aromatic heterocycles. The highest BCUT2D eigenvalue weighted by Crippen LogP contribution is 2.22. The van der Waals surface area contributed by atoms with Crippen molar-refractivity contribution in [1.82, 2.24) is 9.62 Å². The Balaban J connectivity index is 1.41. The highest BCUT2D eigenvalue weighted by atomic mass is 32.2. The third kappa shape index (κ3) is 4.44. The maximum Gasteiger partial charge on any atom is 0.263 e. The van der Waals surface area contributed by atoms with Gasteiger partial charge in [-0.3, -0.25) is 14.5 Å². The molecule has 1 unspecified atom stereocenters. The van der Waals surface area contributed by atoms with Crippen LogP contribution in [0.2, 0.25) is 0 Å².